The molecule has 0 saturated heterocycles. The van der Waals surface area contributed by atoms with E-state index in [0.717, 1.165) is 11.3 Å². The molecule has 0 radical (unpaired) electrons. The number of nitrogens with one attached hydrogen (secondary N) is 1. The average molecular weight is 211 g/mol. The van der Waals surface area contributed by atoms with Crippen LogP contribution in [0.2, 0.25) is 0 Å². The Bertz CT molecular complexity index is 234. The Kier molecular flexibility index (Phi) is 12.1. The van der Waals surface area contributed by atoms with Crippen LogP contribution in [0.1, 0.15) is 53.0 Å². The van der Waals surface area contributed by atoms with E-state index >= 15 is 0 Å². The van der Waals surface area contributed by atoms with Crippen molar-refractivity contribution in [1.29, 1.82) is 0 Å². The third-order valence-corrected chi connectivity index (χ3v) is 1.70. The number of para-hydroxylation sites is 1. The van der Waals surface area contributed by atoms with E-state index in [9.17, 15) is 0 Å². The fourth-order valence-corrected chi connectivity index (χ4v) is 1.10. The molecule has 0 bridgehead atoms. The highest BCUT2D eigenvalue weighted by Crippen LogP contribution is 2.22. The van der Waals surface area contributed by atoms with Crippen molar-refractivity contribution < 1.29 is 5.21 Å². The molecule has 0 aromatic heterocycles. The van der Waals surface area contributed by atoms with Crippen molar-refractivity contribution in [2.75, 3.05) is 5.48 Å². The first-order chi connectivity index (χ1) is 7.25. The van der Waals surface area contributed by atoms with Crippen molar-refractivity contribution in [2.24, 2.45) is 0 Å². The minimum absolute atomic E-state index is 0.436. The van der Waals surface area contributed by atoms with Crippen LogP contribution in [-0.4, -0.2) is 5.21 Å². The lowest BCUT2D eigenvalue weighted by atomic mass is 10.0. The summed E-state index contributed by atoms with van der Waals surface area (Å²) in [6.07, 6.45) is 0. The van der Waals surface area contributed by atoms with Gasteiger partial charge in [0, 0.05) is 0 Å². The Hall–Kier alpha value is -1.02. The van der Waals surface area contributed by atoms with Crippen molar-refractivity contribution in [3.8, 4) is 0 Å². The number of rotatable bonds is 2. The number of anilines is 1. The van der Waals surface area contributed by atoms with Crippen LogP contribution >= 0.6 is 0 Å². The fraction of sp³-hybridized carbons (Fsp3) is 0.538. The van der Waals surface area contributed by atoms with Crippen molar-refractivity contribution in [2.45, 2.75) is 47.5 Å². The van der Waals surface area contributed by atoms with E-state index in [4.69, 9.17) is 5.21 Å². The highest BCUT2D eigenvalue weighted by molar-refractivity contribution is 5.50. The SMILES string of the molecule is CC.CC.CC(C)c1ccccc1NO. The summed E-state index contributed by atoms with van der Waals surface area (Å²) in [5.74, 6) is 0.436. The maximum Gasteiger partial charge on any atom is 0.0636 e. The predicted molar refractivity (Wildman–Crippen MR) is 68.6 cm³/mol. The Balaban J connectivity index is 0. The molecule has 2 N–H and O–H groups in total. The molecule has 0 spiro atoms. The Labute approximate surface area is 94.3 Å². The van der Waals surface area contributed by atoms with E-state index in [1.807, 2.05) is 52.0 Å². The van der Waals surface area contributed by atoms with E-state index in [0.29, 0.717) is 5.92 Å². The van der Waals surface area contributed by atoms with E-state index in [1.54, 1.807) is 0 Å². The quantitative estimate of drug-likeness (QED) is 0.697. The topological polar surface area (TPSA) is 32.3 Å². The Morgan fingerprint density at radius 2 is 1.47 bits per heavy atom. The zero-order chi connectivity index (χ0) is 12.3. The van der Waals surface area contributed by atoms with Crippen LogP contribution in [-0.2, 0) is 0 Å². The predicted octanol–water partition coefficient (Wildman–Crippen LogP) is 4.66. The van der Waals surface area contributed by atoms with Gasteiger partial charge in [-0.3, -0.25) is 10.7 Å². The van der Waals surface area contributed by atoms with Crippen molar-refractivity contribution in [3.05, 3.63) is 29.8 Å². The minimum atomic E-state index is 0.436. The molecule has 0 unspecified atom stereocenters. The van der Waals surface area contributed by atoms with Crippen LogP contribution in [0.25, 0.3) is 0 Å². The molecule has 2 heteroatoms. The molecule has 0 aliphatic carbocycles. The molecule has 0 heterocycles. The van der Waals surface area contributed by atoms with Crippen LogP contribution in [0.15, 0.2) is 24.3 Å². The number of hydrogen-bond donors (Lipinski definition) is 2. The first-order valence-corrected chi connectivity index (χ1v) is 5.74. The highest BCUT2D eigenvalue weighted by Gasteiger charge is 2.02. The summed E-state index contributed by atoms with van der Waals surface area (Å²) < 4.78 is 0. The number of hydrogen-bond acceptors (Lipinski definition) is 2. The lowest BCUT2D eigenvalue weighted by Gasteiger charge is -2.09. The van der Waals surface area contributed by atoms with Gasteiger partial charge in [0.05, 0.1) is 5.69 Å². The molecule has 1 aromatic rings. The maximum atomic E-state index is 8.72. The molecular weight excluding hydrogens is 186 g/mol. The summed E-state index contributed by atoms with van der Waals surface area (Å²) in [6, 6.07) is 7.72. The zero-order valence-electron chi connectivity index (χ0n) is 10.8. The van der Waals surface area contributed by atoms with Crippen molar-refractivity contribution in [1.82, 2.24) is 0 Å². The molecule has 88 valence electrons. The summed E-state index contributed by atoms with van der Waals surface area (Å²) >= 11 is 0. The lowest BCUT2D eigenvalue weighted by molar-refractivity contribution is 0.387. The van der Waals surface area contributed by atoms with E-state index in [1.165, 1.54) is 0 Å². The molecular formula is C13H25NO. The molecule has 15 heavy (non-hydrogen) atoms. The largest absolute Gasteiger partial charge is 0.291 e. The van der Waals surface area contributed by atoms with Crippen molar-refractivity contribution >= 4 is 5.69 Å². The second-order valence-corrected chi connectivity index (χ2v) is 2.85. The normalized spacial score (nSPS) is 8.27. The maximum absolute atomic E-state index is 8.72. The molecule has 0 aliphatic heterocycles. The van der Waals surface area contributed by atoms with Gasteiger partial charge in [-0.05, 0) is 17.5 Å². The fourth-order valence-electron chi connectivity index (χ4n) is 1.10. The minimum Gasteiger partial charge on any atom is -0.291 e. The molecule has 0 atom stereocenters. The summed E-state index contributed by atoms with van der Waals surface area (Å²) in [7, 11) is 0. The second-order valence-electron chi connectivity index (χ2n) is 2.85. The molecule has 0 aliphatic rings. The third-order valence-electron chi connectivity index (χ3n) is 1.70. The first-order valence-electron chi connectivity index (χ1n) is 5.74. The lowest BCUT2D eigenvalue weighted by Crippen LogP contribution is -1.96. The molecule has 0 saturated carbocycles. The second kappa shape index (κ2) is 11.1. The average Bonchev–Trinajstić information content (AvgIpc) is 2.34. The zero-order valence-corrected chi connectivity index (χ0v) is 10.8. The van der Waals surface area contributed by atoms with Gasteiger partial charge in [0.2, 0.25) is 0 Å². The number of benzene rings is 1. The van der Waals surface area contributed by atoms with Crippen LogP contribution < -0.4 is 5.48 Å². The molecule has 1 rings (SSSR count). The monoisotopic (exact) mass is 211 g/mol. The van der Waals surface area contributed by atoms with E-state index in [2.05, 4.69) is 19.3 Å². The summed E-state index contributed by atoms with van der Waals surface area (Å²) in [5, 5.41) is 8.72. The van der Waals surface area contributed by atoms with E-state index < -0.39 is 0 Å². The Morgan fingerprint density at radius 1 is 1.00 bits per heavy atom. The summed E-state index contributed by atoms with van der Waals surface area (Å²) in [6.45, 7) is 12.2. The van der Waals surface area contributed by atoms with Gasteiger partial charge in [-0.25, -0.2) is 0 Å². The first kappa shape index (κ1) is 16.4. The van der Waals surface area contributed by atoms with Gasteiger partial charge in [-0.15, -0.1) is 0 Å². The van der Waals surface area contributed by atoms with Gasteiger partial charge in [-0.2, -0.15) is 0 Å². The smallest absolute Gasteiger partial charge is 0.0636 e. The summed E-state index contributed by atoms with van der Waals surface area (Å²) in [4.78, 5) is 0. The van der Waals surface area contributed by atoms with Gasteiger partial charge in [0.25, 0.3) is 0 Å². The molecule has 1 aromatic carbocycles. The summed E-state index contributed by atoms with van der Waals surface area (Å²) in [5.41, 5.74) is 4.11. The van der Waals surface area contributed by atoms with Gasteiger partial charge in [-0.1, -0.05) is 59.7 Å². The van der Waals surface area contributed by atoms with E-state index in [-0.39, 0.29) is 0 Å². The highest BCUT2D eigenvalue weighted by atomic mass is 16.5. The Morgan fingerprint density at radius 3 is 1.80 bits per heavy atom. The molecule has 2 nitrogen and oxygen atoms in total. The van der Waals surface area contributed by atoms with Crippen LogP contribution in [0.3, 0.4) is 0 Å². The van der Waals surface area contributed by atoms with Crippen LogP contribution in [0.4, 0.5) is 5.69 Å². The third kappa shape index (κ3) is 6.13. The van der Waals surface area contributed by atoms with Gasteiger partial charge in [0.15, 0.2) is 0 Å². The van der Waals surface area contributed by atoms with Gasteiger partial charge in [0.1, 0.15) is 0 Å². The van der Waals surface area contributed by atoms with Crippen LogP contribution in [0.5, 0.6) is 0 Å². The van der Waals surface area contributed by atoms with Crippen molar-refractivity contribution in [3.63, 3.8) is 0 Å². The van der Waals surface area contributed by atoms with Gasteiger partial charge >= 0.3 is 0 Å². The van der Waals surface area contributed by atoms with Gasteiger partial charge < -0.3 is 0 Å². The molecule has 0 fully saturated rings. The molecule has 0 amide bonds. The van der Waals surface area contributed by atoms with Crippen LogP contribution in [0, 0.1) is 0 Å². The standard InChI is InChI=1S/C9H13NO.2C2H6/c1-7(2)8-5-3-4-6-9(8)10-11;2*1-2/h3-7,10-11H,1-2H3;2*1-2H3.